The quantitative estimate of drug-likeness (QED) is 0.737. The Morgan fingerprint density at radius 2 is 1.83 bits per heavy atom. The van der Waals surface area contributed by atoms with Crippen LogP contribution in [-0.4, -0.2) is 15.7 Å². The van der Waals surface area contributed by atoms with E-state index in [1.807, 2.05) is 30.3 Å². The summed E-state index contributed by atoms with van der Waals surface area (Å²) in [4.78, 5) is 13.3. The lowest BCUT2D eigenvalue weighted by molar-refractivity contribution is 0.102. The van der Waals surface area contributed by atoms with E-state index in [-0.39, 0.29) is 5.91 Å². The zero-order valence-corrected chi connectivity index (χ0v) is 14.4. The molecule has 1 aromatic heterocycles. The Balaban J connectivity index is 1.87. The molecule has 1 heterocycles. The van der Waals surface area contributed by atoms with Crippen LogP contribution in [0.25, 0.3) is 0 Å². The van der Waals surface area contributed by atoms with Gasteiger partial charge in [0, 0.05) is 22.5 Å². The zero-order valence-electron chi connectivity index (χ0n) is 12.9. The molecule has 0 fully saturated rings. The van der Waals surface area contributed by atoms with Crippen molar-refractivity contribution >= 4 is 40.8 Å². The van der Waals surface area contributed by atoms with Crippen molar-refractivity contribution in [2.24, 2.45) is 7.05 Å². The van der Waals surface area contributed by atoms with Gasteiger partial charge in [-0.1, -0.05) is 41.6 Å². The number of amides is 1. The normalized spacial score (nSPS) is 10.6. The van der Waals surface area contributed by atoms with Crippen molar-refractivity contribution in [3.8, 4) is 0 Å². The van der Waals surface area contributed by atoms with Crippen molar-refractivity contribution in [1.82, 2.24) is 9.78 Å². The SMILES string of the molecule is Cn1nc(Sc2ccc(Cl)cc2)c(NC(=O)c2ccccc2)c1N. The van der Waals surface area contributed by atoms with Crippen molar-refractivity contribution in [1.29, 1.82) is 0 Å². The number of benzene rings is 2. The summed E-state index contributed by atoms with van der Waals surface area (Å²) in [5.74, 6) is 0.170. The maximum atomic E-state index is 12.4. The van der Waals surface area contributed by atoms with E-state index in [0.29, 0.717) is 27.1 Å². The third-order valence-electron chi connectivity index (χ3n) is 3.36. The van der Waals surface area contributed by atoms with Gasteiger partial charge in [0.25, 0.3) is 5.91 Å². The number of nitrogens with two attached hydrogens (primary N) is 1. The number of aromatic nitrogens is 2. The molecule has 3 rings (SSSR count). The largest absolute Gasteiger partial charge is 0.382 e. The molecule has 24 heavy (non-hydrogen) atoms. The van der Waals surface area contributed by atoms with Crippen LogP contribution in [0.2, 0.25) is 5.02 Å². The molecule has 3 N–H and O–H groups in total. The minimum atomic E-state index is -0.228. The second-order valence-corrected chi connectivity index (χ2v) is 6.56. The number of hydrogen-bond acceptors (Lipinski definition) is 4. The first kappa shape index (κ1) is 16.4. The molecule has 122 valence electrons. The van der Waals surface area contributed by atoms with Crippen LogP contribution in [0.3, 0.4) is 0 Å². The molecule has 1 amide bonds. The van der Waals surface area contributed by atoms with E-state index in [9.17, 15) is 4.79 Å². The highest BCUT2D eigenvalue weighted by Gasteiger charge is 2.18. The van der Waals surface area contributed by atoms with E-state index < -0.39 is 0 Å². The average molecular weight is 359 g/mol. The molecule has 0 aliphatic carbocycles. The summed E-state index contributed by atoms with van der Waals surface area (Å²) in [5, 5.41) is 8.53. The summed E-state index contributed by atoms with van der Waals surface area (Å²) < 4.78 is 1.54. The van der Waals surface area contributed by atoms with Gasteiger partial charge in [-0.2, -0.15) is 5.10 Å². The van der Waals surface area contributed by atoms with Crippen molar-refractivity contribution in [2.45, 2.75) is 9.92 Å². The fraction of sp³-hybridized carbons (Fsp3) is 0.0588. The van der Waals surface area contributed by atoms with Crippen molar-refractivity contribution in [3.05, 3.63) is 65.2 Å². The summed E-state index contributed by atoms with van der Waals surface area (Å²) in [5.41, 5.74) is 7.12. The van der Waals surface area contributed by atoms with Gasteiger partial charge >= 0.3 is 0 Å². The molecule has 5 nitrogen and oxygen atoms in total. The summed E-state index contributed by atoms with van der Waals surface area (Å²) in [6.45, 7) is 0. The molecule has 0 radical (unpaired) electrons. The number of rotatable bonds is 4. The van der Waals surface area contributed by atoms with Crippen LogP contribution in [0.1, 0.15) is 10.4 Å². The minimum absolute atomic E-state index is 0.228. The van der Waals surface area contributed by atoms with Gasteiger partial charge in [0.2, 0.25) is 0 Å². The van der Waals surface area contributed by atoms with Gasteiger partial charge in [-0.15, -0.1) is 0 Å². The molecule has 0 atom stereocenters. The van der Waals surface area contributed by atoms with E-state index >= 15 is 0 Å². The average Bonchev–Trinajstić information content (AvgIpc) is 2.85. The first-order chi connectivity index (χ1) is 11.5. The zero-order chi connectivity index (χ0) is 17.1. The minimum Gasteiger partial charge on any atom is -0.382 e. The van der Waals surface area contributed by atoms with Crippen molar-refractivity contribution in [2.75, 3.05) is 11.1 Å². The first-order valence-electron chi connectivity index (χ1n) is 7.17. The Hall–Kier alpha value is -2.44. The number of aryl methyl sites for hydroxylation is 1. The van der Waals surface area contributed by atoms with E-state index in [1.165, 1.54) is 11.8 Å². The number of carbonyl (C=O) groups is 1. The van der Waals surface area contributed by atoms with Crippen LogP contribution in [-0.2, 0) is 7.05 Å². The van der Waals surface area contributed by atoms with Crippen LogP contribution in [0.5, 0.6) is 0 Å². The maximum absolute atomic E-state index is 12.4. The molecular formula is C17H15ClN4OS. The monoisotopic (exact) mass is 358 g/mol. The van der Waals surface area contributed by atoms with Crippen LogP contribution in [0.4, 0.5) is 11.5 Å². The highest BCUT2D eigenvalue weighted by Crippen LogP contribution is 2.36. The standard InChI is InChI=1S/C17H15ClN4OS/c1-22-15(19)14(20-16(23)11-5-3-2-4-6-11)17(21-22)24-13-9-7-12(18)8-10-13/h2-10H,19H2,1H3,(H,20,23). The molecule has 0 aliphatic rings. The first-order valence-corrected chi connectivity index (χ1v) is 8.36. The second kappa shape index (κ2) is 6.98. The summed E-state index contributed by atoms with van der Waals surface area (Å²) in [6.07, 6.45) is 0. The number of anilines is 2. The van der Waals surface area contributed by atoms with Crippen LogP contribution in [0.15, 0.2) is 64.5 Å². The molecular weight excluding hydrogens is 344 g/mol. The molecule has 3 aromatic rings. The Labute approximate surface area is 148 Å². The molecule has 0 aliphatic heterocycles. The molecule has 0 saturated heterocycles. The van der Waals surface area contributed by atoms with Gasteiger partial charge in [-0.25, -0.2) is 0 Å². The Bertz CT molecular complexity index is 862. The third kappa shape index (κ3) is 3.55. The lowest BCUT2D eigenvalue weighted by Gasteiger charge is -2.07. The molecule has 2 aromatic carbocycles. The maximum Gasteiger partial charge on any atom is 0.255 e. The van der Waals surface area contributed by atoms with E-state index in [1.54, 1.807) is 36.0 Å². The molecule has 7 heteroatoms. The lowest BCUT2D eigenvalue weighted by atomic mass is 10.2. The summed E-state index contributed by atoms with van der Waals surface area (Å²) in [6, 6.07) is 16.4. The van der Waals surface area contributed by atoms with Crippen LogP contribution in [0, 0.1) is 0 Å². The fourth-order valence-corrected chi connectivity index (χ4v) is 3.13. The topological polar surface area (TPSA) is 72.9 Å². The van der Waals surface area contributed by atoms with Crippen LogP contribution >= 0.6 is 23.4 Å². The molecule has 0 bridgehead atoms. The highest BCUT2D eigenvalue weighted by molar-refractivity contribution is 7.99. The molecule has 0 spiro atoms. The predicted molar refractivity (Wildman–Crippen MR) is 97.6 cm³/mol. The van der Waals surface area contributed by atoms with Gasteiger partial charge < -0.3 is 11.1 Å². The molecule has 0 saturated carbocycles. The molecule has 0 unspecified atom stereocenters. The highest BCUT2D eigenvalue weighted by atomic mass is 35.5. The second-order valence-electron chi connectivity index (χ2n) is 5.07. The van der Waals surface area contributed by atoms with Crippen molar-refractivity contribution in [3.63, 3.8) is 0 Å². The predicted octanol–water partition coefficient (Wildman–Crippen LogP) is 4.06. The van der Waals surface area contributed by atoms with Crippen LogP contribution < -0.4 is 11.1 Å². The van der Waals surface area contributed by atoms with E-state index in [0.717, 1.165) is 4.90 Å². The Morgan fingerprint density at radius 3 is 2.50 bits per heavy atom. The number of halogens is 1. The smallest absolute Gasteiger partial charge is 0.255 e. The number of nitrogens with one attached hydrogen (secondary N) is 1. The number of nitrogen functional groups attached to an aromatic ring is 1. The summed E-state index contributed by atoms with van der Waals surface area (Å²) in [7, 11) is 1.74. The number of hydrogen-bond donors (Lipinski definition) is 2. The van der Waals surface area contributed by atoms with Gasteiger partial charge in [0.1, 0.15) is 16.5 Å². The Morgan fingerprint density at radius 1 is 1.17 bits per heavy atom. The Kier molecular flexibility index (Phi) is 4.78. The number of nitrogens with zero attached hydrogens (tertiary/aromatic N) is 2. The van der Waals surface area contributed by atoms with E-state index in [4.69, 9.17) is 17.3 Å². The fourth-order valence-electron chi connectivity index (χ4n) is 2.09. The van der Waals surface area contributed by atoms with Gasteiger partial charge in [-0.3, -0.25) is 9.48 Å². The van der Waals surface area contributed by atoms with Gasteiger partial charge in [0.15, 0.2) is 0 Å². The van der Waals surface area contributed by atoms with Crippen molar-refractivity contribution < 1.29 is 4.79 Å². The van der Waals surface area contributed by atoms with Gasteiger partial charge in [-0.05, 0) is 36.4 Å². The lowest BCUT2D eigenvalue weighted by Crippen LogP contribution is -2.13. The van der Waals surface area contributed by atoms with Gasteiger partial charge in [0.05, 0.1) is 0 Å². The third-order valence-corrected chi connectivity index (χ3v) is 4.60. The summed E-state index contributed by atoms with van der Waals surface area (Å²) >= 11 is 7.32. The number of carbonyl (C=O) groups excluding carboxylic acids is 1. The van der Waals surface area contributed by atoms with E-state index in [2.05, 4.69) is 10.4 Å².